The van der Waals surface area contributed by atoms with Gasteiger partial charge in [0, 0.05) is 45.0 Å². The van der Waals surface area contributed by atoms with Crippen molar-refractivity contribution in [2.75, 3.05) is 31.1 Å². The predicted molar refractivity (Wildman–Crippen MR) is 120 cm³/mol. The molecule has 2 aliphatic heterocycles. The third-order valence-corrected chi connectivity index (χ3v) is 7.00. The second kappa shape index (κ2) is 9.54. The third-order valence-electron chi connectivity index (χ3n) is 7.00. The standard InChI is InChI=1S/C24H31F3N4O2/c1-15-11-17(12-21(33)16(2)30-9-5-18(32)6-10-30)14-31(13-15)20-4-3-19(24(25,26)27)22-23(20)29-8-7-28-22/h3-4,7-8,15-18,32H,5-6,9-14H2,1-2H3/t15-,16?,17-/m0/s1. The summed E-state index contributed by atoms with van der Waals surface area (Å²) in [5.74, 6) is 0.599. The first kappa shape index (κ1) is 23.9. The van der Waals surface area contributed by atoms with Crippen molar-refractivity contribution in [3.8, 4) is 0 Å². The number of benzene rings is 1. The van der Waals surface area contributed by atoms with Crippen LogP contribution in [0.2, 0.25) is 0 Å². The molecule has 6 nitrogen and oxygen atoms in total. The Balaban J connectivity index is 1.51. The van der Waals surface area contributed by atoms with Crippen molar-refractivity contribution in [2.45, 2.75) is 57.9 Å². The molecule has 4 rings (SSSR count). The Morgan fingerprint density at radius 3 is 2.48 bits per heavy atom. The predicted octanol–water partition coefficient (Wildman–Crippen LogP) is 3.92. The molecule has 0 saturated carbocycles. The molecule has 2 saturated heterocycles. The fraction of sp³-hybridized carbons (Fsp3) is 0.625. The summed E-state index contributed by atoms with van der Waals surface area (Å²) in [5, 5.41) is 9.72. The first-order chi connectivity index (χ1) is 15.6. The summed E-state index contributed by atoms with van der Waals surface area (Å²) in [6, 6.07) is 2.37. The van der Waals surface area contributed by atoms with Crippen LogP contribution < -0.4 is 4.90 Å². The van der Waals surface area contributed by atoms with E-state index in [2.05, 4.69) is 26.7 Å². The lowest BCUT2D eigenvalue weighted by Crippen LogP contribution is -2.47. The van der Waals surface area contributed by atoms with E-state index in [4.69, 9.17) is 0 Å². The van der Waals surface area contributed by atoms with E-state index in [1.54, 1.807) is 0 Å². The SMILES string of the molecule is CC(C(=O)C[C@@H]1C[C@H](C)CN(c2ccc(C(F)(F)F)c3nccnc23)C1)N1CCC(O)CC1. The summed E-state index contributed by atoms with van der Waals surface area (Å²) in [6.07, 6.45) is 0.626. The fourth-order valence-electron chi connectivity index (χ4n) is 5.28. The van der Waals surface area contributed by atoms with Gasteiger partial charge in [-0.2, -0.15) is 13.2 Å². The van der Waals surface area contributed by atoms with Gasteiger partial charge in [0.05, 0.1) is 23.4 Å². The summed E-state index contributed by atoms with van der Waals surface area (Å²) >= 11 is 0. The molecule has 1 unspecified atom stereocenters. The Bertz CT molecular complexity index is 991. The molecular weight excluding hydrogens is 433 g/mol. The molecule has 2 aromatic rings. The molecule has 9 heteroatoms. The van der Waals surface area contributed by atoms with Crippen molar-refractivity contribution in [1.29, 1.82) is 0 Å². The van der Waals surface area contributed by atoms with Gasteiger partial charge in [-0.25, -0.2) is 0 Å². The van der Waals surface area contributed by atoms with Crippen LogP contribution in [-0.4, -0.2) is 64.1 Å². The number of likely N-dealkylation sites (tertiary alicyclic amines) is 1. The van der Waals surface area contributed by atoms with Crippen molar-refractivity contribution in [2.24, 2.45) is 11.8 Å². The lowest BCUT2D eigenvalue weighted by molar-refractivity contribution is -0.136. The van der Waals surface area contributed by atoms with Crippen LogP contribution in [0, 0.1) is 11.8 Å². The van der Waals surface area contributed by atoms with E-state index in [0.717, 1.165) is 25.6 Å². The van der Waals surface area contributed by atoms with E-state index in [-0.39, 0.29) is 34.9 Å². The smallest absolute Gasteiger partial charge is 0.393 e. The van der Waals surface area contributed by atoms with Crippen LogP contribution in [0.25, 0.3) is 11.0 Å². The Labute approximate surface area is 191 Å². The number of nitrogens with zero attached hydrogens (tertiary/aromatic N) is 4. The molecular formula is C24H31F3N4O2. The van der Waals surface area contributed by atoms with E-state index >= 15 is 0 Å². The lowest BCUT2D eigenvalue weighted by atomic mass is 9.85. The van der Waals surface area contributed by atoms with Crippen LogP contribution in [0.4, 0.5) is 18.9 Å². The van der Waals surface area contributed by atoms with Gasteiger partial charge < -0.3 is 10.0 Å². The normalized spacial score (nSPS) is 24.2. The lowest BCUT2D eigenvalue weighted by Gasteiger charge is -2.39. The van der Waals surface area contributed by atoms with Gasteiger partial charge in [-0.05, 0) is 50.2 Å². The number of anilines is 1. The number of piperidine rings is 2. The highest BCUT2D eigenvalue weighted by molar-refractivity contribution is 5.91. The van der Waals surface area contributed by atoms with Crippen LogP contribution >= 0.6 is 0 Å². The van der Waals surface area contributed by atoms with Crippen LogP contribution in [0.15, 0.2) is 24.5 Å². The van der Waals surface area contributed by atoms with Gasteiger partial charge in [0.15, 0.2) is 0 Å². The van der Waals surface area contributed by atoms with Crippen molar-refractivity contribution < 1.29 is 23.1 Å². The molecule has 3 heterocycles. The first-order valence-corrected chi connectivity index (χ1v) is 11.6. The van der Waals surface area contributed by atoms with Crippen LogP contribution in [0.3, 0.4) is 0 Å². The largest absolute Gasteiger partial charge is 0.418 e. The number of carbonyl (C=O) groups is 1. The number of fused-ring (bicyclic) bond motifs is 1. The average molecular weight is 465 g/mol. The number of rotatable bonds is 5. The topological polar surface area (TPSA) is 69.6 Å². The summed E-state index contributed by atoms with van der Waals surface area (Å²) in [5.41, 5.74) is -0.0548. The third kappa shape index (κ3) is 5.30. The average Bonchev–Trinajstić information content (AvgIpc) is 2.77. The number of aliphatic hydroxyl groups is 1. The molecule has 0 bridgehead atoms. The van der Waals surface area contributed by atoms with Crippen molar-refractivity contribution in [1.82, 2.24) is 14.9 Å². The van der Waals surface area contributed by atoms with E-state index in [0.29, 0.717) is 44.0 Å². The quantitative estimate of drug-likeness (QED) is 0.724. The number of aliphatic hydroxyl groups excluding tert-OH is 1. The fourth-order valence-corrected chi connectivity index (χ4v) is 5.28. The summed E-state index contributed by atoms with van der Waals surface area (Å²) in [6.45, 7) is 6.77. The van der Waals surface area contributed by atoms with Crippen molar-refractivity contribution >= 4 is 22.5 Å². The van der Waals surface area contributed by atoms with E-state index in [1.165, 1.54) is 18.5 Å². The number of hydrogen-bond acceptors (Lipinski definition) is 6. The number of halogens is 3. The molecule has 0 amide bonds. The van der Waals surface area contributed by atoms with Gasteiger partial charge in [-0.15, -0.1) is 0 Å². The van der Waals surface area contributed by atoms with E-state index in [1.807, 2.05) is 6.92 Å². The van der Waals surface area contributed by atoms with Gasteiger partial charge in [0.1, 0.15) is 16.8 Å². The highest BCUT2D eigenvalue weighted by atomic mass is 19.4. The highest BCUT2D eigenvalue weighted by Gasteiger charge is 2.36. The monoisotopic (exact) mass is 464 g/mol. The number of ketones is 1. The maximum atomic E-state index is 13.5. The molecule has 0 spiro atoms. The van der Waals surface area contributed by atoms with Gasteiger partial charge in [-0.3, -0.25) is 19.7 Å². The van der Waals surface area contributed by atoms with Crippen LogP contribution in [0.1, 0.15) is 45.1 Å². The number of alkyl halides is 3. The molecule has 180 valence electrons. The van der Waals surface area contributed by atoms with Gasteiger partial charge in [-0.1, -0.05) is 6.92 Å². The molecule has 1 N–H and O–H groups in total. The van der Waals surface area contributed by atoms with Gasteiger partial charge >= 0.3 is 6.18 Å². The Morgan fingerprint density at radius 2 is 1.82 bits per heavy atom. The Kier molecular flexibility index (Phi) is 6.91. The second-order valence-corrected chi connectivity index (χ2v) is 9.61. The number of aromatic nitrogens is 2. The summed E-state index contributed by atoms with van der Waals surface area (Å²) in [7, 11) is 0. The maximum Gasteiger partial charge on any atom is 0.418 e. The second-order valence-electron chi connectivity index (χ2n) is 9.61. The maximum absolute atomic E-state index is 13.5. The zero-order chi connectivity index (χ0) is 23.8. The van der Waals surface area contributed by atoms with Crippen molar-refractivity contribution in [3.05, 3.63) is 30.1 Å². The van der Waals surface area contributed by atoms with Crippen LogP contribution in [0.5, 0.6) is 0 Å². The molecule has 3 atom stereocenters. The minimum absolute atomic E-state index is 0.119. The molecule has 0 radical (unpaired) electrons. The van der Waals surface area contributed by atoms with Crippen molar-refractivity contribution in [3.63, 3.8) is 0 Å². The minimum Gasteiger partial charge on any atom is -0.393 e. The summed E-state index contributed by atoms with van der Waals surface area (Å²) < 4.78 is 40.4. The molecule has 33 heavy (non-hydrogen) atoms. The van der Waals surface area contributed by atoms with Gasteiger partial charge in [0.25, 0.3) is 0 Å². The number of Topliss-reactive ketones (excluding diaryl/α,β-unsaturated/α-hetero) is 1. The Hall–Kier alpha value is -2.26. The molecule has 2 aliphatic rings. The Morgan fingerprint density at radius 1 is 1.15 bits per heavy atom. The first-order valence-electron chi connectivity index (χ1n) is 11.6. The molecule has 1 aromatic carbocycles. The van der Waals surface area contributed by atoms with Crippen LogP contribution in [-0.2, 0) is 11.0 Å². The minimum atomic E-state index is -4.50. The molecule has 2 fully saturated rings. The zero-order valence-electron chi connectivity index (χ0n) is 19.1. The zero-order valence-corrected chi connectivity index (χ0v) is 19.1. The van der Waals surface area contributed by atoms with E-state index < -0.39 is 11.7 Å². The number of hydrogen-bond donors (Lipinski definition) is 1. The summed E-state index contributed by atoms with van der Waals surface area (Å²) in [4.78, 5) is 25.5. The molecule has 1 aromatic heterocycles. The van der Waals surface area contributed by atoms with E-state index in [9.17, 15) is 23.1 Å². The number of carbonyl (C=O) groups excluding carboxylic acids is 1. The van der Waals surface area contributed by atoms with Gasteiger partial charge in [0.2, 0.25) is 0 Å². The highest BCUT2D eigenvalue weighted by Crippen LogP contribution is 2.38. The molecule has 0 aliphatic carbocycles.